The molecule has 4 rings (SSSR count). The second-order valence-electron chi connectivity index (χ2n) is 7.38. The minimum absolute atomic E-state index is 0.0412. The Labute approximate surface area is 194 Å². The largest absolute Gasteiger partial charge is 0.507 e. The predicted octanol–water partition coefficient (Wildman–Crippen LogP) is 2.99. The summed E-state index contributed by atoms with van der Waals surface area (Å²) < 4.78 is 17.9. The molecule has 0 unspecified atom stereocenters. The maximum Gasteiger partial charge on any atom is 0.252 e. The minimum Gasteiger partial charge on any atom is -0.507 e. The van der Waals surface area contributed by atoms with Crippen LogP contribution < -0.4 is 24.7 Å². The number of thiazole rings is 1. The summed E-state index contributed by atoms with van der Waals surface area (Å²) in [6, 6.07) is 8.57. The number of hydrogen-bond acceptors (Lipinski definition) is 8. The number of carbonyl (C=O) groups is 1. The van der Waals surface area contributed by atoms with Gasteiger partial charge < -0.3 is 25.1 Å². The van der Waals surface area contributed by atoms with Crippen molar-refractivity contribution in [2.24, 2.45) is 15.8 Å². The molecule has 3 N–H and O–H groups in total. The van der Waals surface area contributed by atoms with E-state index in [2.05, 4.69) is 5.10 Å². The molecule has 0 atom stereocenters. The maximum atomic E-state index is 11.7. The van der Waals surface area contributed by atoms with Gasteiger partial charge in [-0.3, -0.25) is 9.79 Å². The Morgan fingerprint density at radius 2 is 1.85 bits per heavy atom. The van der Waals surface area contributed by atoms with Crippen molar-refractivity contribution in [1.82, 2.24) is 4.68 Å². The molecule has 1 amide bonds. The van der Waals surface area contributed by atoms with E-state index in [-0.39, 0.29) is 11.3 Å². The van der Waals surface area contributed by atoms with Crippen molar-refractivity contribution in [3.63, 3.8) is 0 Å². The highest BCUT2D eigenvalue weighted by molar-refractivity contribution is 7.07. The number of hydrogen-bond donors (Lipinski definition) is 2. The van der Waals surface area contributed by atoms with Crippen LogP contribution in [-0.2, 0) is 0 Å². The third kappa shape index (κ3) is 4.70. The van der Waals surface area contributed by atoms with E-state index in [1.54, 1.807) is 56.5 Å². The third-order valence-electron chi connectivity index (χ3n) is 5.09. The maximum absolute atomic E-state index is 11.7. The Kier molecular flexibility index (Phi) is 6.36. The Bertz CT molecular complexity index is 1270. The van der Waals surface area contributed by atoms with Crippen LogP contribution in [0.3, 0.4) is 0 Å². The van der Waals surface area contributed by atoms with Crippen molar-refractivity contribution in [3.8, 4) is 34.3 Å². The molecule has 33 heavy (non-hydrogen) atoms. The topological polar surface area (TPSA) is 121 Å². The fourth-order valence-electron chi connectivity index (χ4n) is 3.25. The Balaban J connectivity index is 1.81. The van der Waals surface area contributed by atoms with Crippen molar-refractivity contribution >= 4 is 23.5 Å². The minimum atomic E-state index is -0.708. The van der Waals surface area contributed by atoms with E-state index in [4.69, 9.17) is 24.9 Å². The molecule has 172 valence electrons. The predicted molar refractivity (Wildman–Crippen MR) is 126 cm³/mol. The van der Waals surface area contributed by atoms with Crippen LogP contribution in [0.4, 0.5) is 0 Å². The summed E-state index contributed by atoms with van der Waals surface area (Å²) in [5, 5.41) is 16.5. The summed E-state index contributed by atoms with van der Waals surface area (Å²) in [5.74, 6) is 0.646. The molecular formula is C23H24N4O5S. The van der Waals surface area contributed by atoms with Crippen molar-refractivity contribution in [2.45, 2.75) is 18.9 Å². The van der Waals surface area contributed by atoms with Gasteiger partial charge in [0, 0.05) is 16.5 Å². The number of nitrogens with two attached hydrogens (primary N) is 1. The quantitative estimate of drug-likeness (QED) is 0.493. The first-order chi connectivity index (χ1) is 15.9. The average Bonchev–Trinajstić information content (AvgIpc) is 3.55. The highest BCUT2D eigenvalue weighted by atomic mass is 32.1. The van der Waals surface area contributed by atoms with Gasteiger partial charge in [-0.2, -0.15) is 5.10 Å². The first-order valence-electron chi connectivity index (χ1n) is 10.2. The molecular weight excluding hydrogens is 444 g/mol. The highest BCUT2D eigenvalue weighted by Gasteiger charge is 2.21. The third-order valence-corrected chi connectivity index (χ3v) is 5.92. The van der Waals surface area contributed by atoms with Gasteiger partial charge in [0.25, 0.3) is 5.91 Å². The van der Waals surface area contributed by atoms with Gasteiger partial charge in [0.1, 0.15) is 5.75 Å². The number of nitrogens with zero attached hydrogens (tertiary/aromatic N) is 3. The number of aromatic hydroxyl groups is 1. The van der Waals surface area contributed by atoms with Crippen LogP contribution in [0, 0.1) is 0 Å². The monoisotopic (exact) mass is 468 g/mol. The number of benzene rings is 2. The number of carbonyl (C=O) groups excluding carboxylic acids is 1. The standard InChI is InChI=1S/C23H24N4O5S/c1-30-19-8-13(9-20(31-2)21(19)32-3)11-25-27-17(12-33-23(27)26-15-5-6-15)14-4-7-18(28)16(10-14)22(24)29/h4,7-12,15,28H,5-6H2,1-3H3,(H2,24,29)/b25-11+,26-23?. The molecule has 0 radical (unpaired) electrons. The Hall–Kier alpha value is -3.79. The summed E-state index contributed by atoms with van der Waals surface area (Å²) in [4.78, 5) is 17.2. The van der Waals surface area contributed by atoms with Crippen LogP contribution in [0.15, 0.2) is 45.8 Å². The molecule has 0 spiro atoms. The smallest absolute Gasteiger partial charge is 0.252 e. The first-order valence-corrected chi connectivity index (χ1v) is 11.0. The summed E-state index contributed by atoms with van der Waals surface area (Å²) in [6.07, 6.45) is 3.77. The van der Waals surface area contributed by atoms with Gasteiger partial charge in [-0.25, -0.2) is 4.68 Å². The first kappa shape index (κ1) is 22.4. The van der Waals surface area contributed by atoms with Gasteiger partial charge in [-0.15, -0.1) is 11.3 Å². The van der Waals surface area contributed by atoms with Crippen LogP contribution in [0.25, 0.3) is 11.3 Å². The molecule has 0 saturated heterocycles. The number of ether oxygens (including phenoxy) is 3. The van der Waals surface area contributed by atoms with Gasteiger partial charge in [0.05, 0.1) is 44.8 Å². The van der Waals surface area contributed by atoms with Crippen molar-refractivity contribution in [1.29, 1.82) is 0 Å². The van der Waals surface area contributed by atoms with E-state index in [1.165, 1.54) is 17.4 Å². The van der Waals surface area contributed by atoms with Crippen molar-refractivity contribution < 1.29 is 24.1 Å². The Morgan fingerprint density at radius 1 is 1.15 bits per heavy atom. The SMILES string of the molecule is COc1cc(/C=N/n2c(-c3ccc(O)c(C(N)=O)c3)csc2=NC2CC2)cc(OC)c1OC. The lowest BCUT2D eigenvalue weighted by Crippen LogP contribution is -2.14. The molecule has 1 aliphatic carbocycles. The van der Waals surface area contributed by atoms with E-state index in [0.29, 0.717) is 34.5 Å². The summed E-state index contributed by atoms with van der Waals surface area (Å²) in [5.41, 5.74) is 7.57. The van der Waals surface area contributed by atoms with E-state index in [0.717, 1.165) is 23.2 Å². The molecule has 0 aliphatic heterocycles. The zero-order chi connectivity index (χ0) is 23.5. The second-order valence-corrected chi connectivity index (χ2v) is 8.21. The molecule has 10 heteroatoms. The number of amides is 1. The molecule has 0 bridgehead atoms. The number of phenols is 1. The lowest BCUT2D eigenvalue weighted by atomic mass is 10.1. The number of rotatable bonds is 8. The zero-order valence-electron chi connectivity index (χ0n) is 18.4. The van der Waals surface area contributed by atoms with Gasteiger partial charge in [-0.1, -0.05) is 0 Å². The van der Waals surface area contributed by atoms with Gasteiger partial charge in [-0.05, 0) is 43.2 Å². The van der Waals surface area contributed by atoms with Crippen LogP contribution in [0.5, 0.6) is 23.0 Å². The molecule has 9 nitrogen and oxygen atoms in total. The van der Waals surface area contributed by atoms with Gasteiger partial charge >= 0.3 is 0 Å². The highest BCUT2D eigenvalue weighted by Crippen LogP contribution is 2.37. The fraction of sp³-hybridized carbons (Fsp3) is 0.261. The molecule has 1 aliphatic rings. The second kappa shape index (κ2) is 9.37. The van der Waals surface area contributed by atoms with Crippen molar-refractivity contribution in [3.05, 3.63) is 51.6 Å². The fourth-order valence-corrected chi connectivity index (χ4v) is 4.16. The molecule has 1 aromatic heterocycles. The Morgan fingerprint density at radius 3 is 2.42 bits per heavy atom. The molecule has 2 aromatic carbocycles. The lowest BCUT2D eigenvalue weighted by molar-refractivity contribution is 0.0998. The van der Waals surface area contributed by atoms with Crippen LogP contribution in [0.1, 0.15) is 28.8 Å². The van der Waals surface area contributed by atoms with Gasteiger partial charge in [0.2, 0.25) is 10.6 Å². The summed E-state index contributed by atoms with van der Waals surface area (Å²) in [7, 11) is 4.65. The van der Waals surface area contributed by atoms with Crippen molar-refractivity contribution in [2.75, 3.05) is 21.3 Å². The lowest BCUT2D eigenvalue weighted by Gasteiger charge is -2.12. The number of aromatic nitrogens is 1. The summed E-state index contributed by atoms with van der Waals surface area (Å²) >= 11 is 1.45. The van der Waals surface area contributed by atoms with Crippen LogP contribution >= 0.6 is 11.3 Å². The van der Waals surface area contributed by atoms with E-state index in [1.807, 2.05) is 5.38 Å². The van der Waals surface area contributed by atoms with E-state index in [9.17, 15) is 9.90 Å². The van der Waals surface area contributed by atoms with Crippen LogP contribution in [-0.4, -0.2) is 49.3 Å². The van der Waals surface area contributed by atoms with E-state index < -0.39 is 5.91 Å². The molecule has 1 saturated carbocycles. The molecule has 1 heterocycles. The normalized spacial score (nSPS) is 14.0. The summed E-state index contributed by atoms with van der Waals surface area (Å²) in [6.45, 7) is 0. The molecule has 1 fully saturated rings. The van der Waals surface area contributed by atoms with Gasteiger partial charge in [0.15, 0.2) is 11.5 Å². The number of methoxy groups -OCH3 is 3. The van der Waals surface area contributed by atoms with E-state index >= 15 is 0 Å². The van der Waals surface area contributed by atoms with Crippen LogP contribution in [0.2, 0.25) is 0 Å². The molecule has 3 aromatic rings. The average molecular weight is 469 g/mol. The number of primary amides is 1. The zero-order valence-corrected chi connectivity index (χ0v) is 19.3.